The Morgan fingerprint density at radius 2 is 1.55 bits per heavy atom. The van der Waals surface area contributed by atoms with E-state index in [1.807, 2.05) is 66.7 Å². The minimum atomic E-state index is -0.207. The summed E-state index contributed by atoms with van der Waals surface area (Å²) in [5.74, 6) is 2.73. The van der Waals surface area contributed by atoms with Crippen LogP contribution in [0.5, 0.6) is 23.0 Å². The van der Waals surface area contributed by atoms with Crippen molar-refractivity contribution in [2.24, 2.45) is 0 Å². The van der Waals surface area contributed by atoms with Crippen LogP contribution in [0, 0.1) is 0 Å². The summed E-state index contributed by atoms with van der Waals surface area (Å²) >= 11 is 0. The molecule has 0 spiro atoms. The van der Waals surface area contributed by atoms with E-state index < -0.39 is 0 Å². The van der Waals surface area contributed by atoms with Crippen LogP contribution in [-0.2, 0) is 6.54 Å². The van der Waals surface area contributed by atoms with E-state index in [0.717, 1.165) is 22.2 Å². The molecule has 1 amide bonds. The molecule has 0 radical (unpaired) electrons. The predicted molar refractivity (Wildman–Crippen MR) is 146 cm³/mol. The Balaban J connectivity index is 1.30. The van der Waals surface area contributed by atoms with Gasteiger partial charge in [0.1, 0.15) is 17.3 Å². The third-order valence-electron chi connectivity index (χ3n) is 5.90. The molecule has 2 aromatic heterocycles. The van der Waals surface area contributed by atoms with E-state index in [2.05, 4.69) is 20.6 Å². The summed E-state index contributed by atoms with van der Waals surface area (Å²) in [5.41, 5.74) is 2.97. The van der Waals surface area contributed by atoms with E-state index >= 15 is 0 Å². The SMILES string of the molecule is COc1cc2nccc(Oc3ccc(Nc4ncccc4C(=O)NCc4ccccc4)cc3)c2cc1OC. The molecule has 8 nitrogen and oxygen atoms in total. The topological polar surface area (TPSA) is 94.6 Å². The first-order valence-electron chi connectivity index (χ1n) is 12.0. The first kappa shape index (κ1) is 24.6. The summed E-state index contributed by atoms with van der Waals surface area (Å²) in [6.45, 7) is 0.433. The van der Waals surface area contributed by atoms with Gasteiger partial charge in [0.05, 0.1) is 25.3 Å². The molecule has 0 saturated heterocycles. The van der Waals surface area contributed by atoms with Crippen LogP contribution in [0.15, 0.2) is 97.3 Å². The highest BCUT2D eigenvalue weighted by Crippen LogP contribution is 2.37. The van der Waals surface area contributed by atoms with Crippen LogP contribution in [0.25, 0.3) is 10.9 Å². The average molecular weight is 507 g/mol. The van der Waals surface area contributed by atoms with Crippen molar-refractivity contribution in [2.45, 2.75) is 6.54 Å². The maximum absolute atomic E-state index is 12.8. The first-order valence-corrected chi connectivity index (χ1v) is 12.0. The van der Waals surface area contributed by atoms with Crippen LogP contribution >= 0.6 is 0 Å². The quantitative estimate of drug-likeness (QED) is 0.249. The molecule has 0 saturated carbocycles. The molecular weight excluding hydrogens is 480 g/mol. The number of fused-ring (bicyclic) bond motifs is 1. The number of rotatable bonds is 9. The maximum atomic E-state index is 12.8. The van der Waals surface area contributed by atoms with Gasteiger partial charge in [0.15, 0.2) is 11.5 Å². The van der Waals surface area contributed by atoms with Crippen LogP contribution in [0.2, 0.25) is 0 Å². The van der Waals surface area contributed by atoms with E-state index in [0.29, 0.717) is 40.9 Å². The number of hydrogen-bond donors (Lipinski definition) is 2. The number of nitrogens with one attached hydrogen (secondary N) is 2. The Morgan fingerprint density at radius 1 is 0.789 bits per heavy atom. The molecule has 0 unspecified atom stereocenters. The number of carbonyl (C=O) groups is 1. The second-order valence-corrected chi connectivity index (χ2v) is 8.35. The summed E-state index contributed by atoms with van der Waals surface area (Å²) in [6.07, 6.45) is 3.33. The Bertz CT molecular complexity index is 1560. The number of pyridine rings is 2. The van der Waals surface area contributed by atoms with Crippen LogP contribution < -0.4 is 24.8 Å². The number of ether oxygens (including phenoxy) is 3. The Hall–Kier alpha value is -5.11. The molecule has 190 valence electrons. The van der Waals surface area contributed by atoms with Crippen molar-refractivity contribution in [3.8, 4) is 23.0 Å². The average Bonchev–Trinajstić information content (AvgIpc) is 2.97. The summed E-state index contributed by atoms with van der Waals surface area (Å²) in [4.78, 5) is 21.6. The predicted octanol–water partition coefficient (Wildman–Crippen LogP) is 6.11. The fourth-order valence-electron chi connectivity index (χ4n) is 3.97. The summed E-state index contributed by atoms with van der Waals surface area (Å²) in [7, 11) is 3.18. The van der Waals surface area contributed by atoms with Crippen LogP contribution in [0.4, 0.5) is 11.5 Å². The molecule has 2 N–H and O–H groups in total. The van der Waals surface area contributed by atoms with Gasteiger partial charge < -0.3 is 24.8 Å². The van der Waals surface area contributed by atoms with Gasteiger partial charge in [-0.25, -0.2) is 4.98 Å². The number of nitrogens with zero attached hydrogens (tertiary/aromatic N) is 2. The second-order valence-electron chi connectivity index (χ2n) is 8.35. The Kier molecular flexibility index (Phi) is 7.31. The zero-order valence-electron chi connectivity index (χ0n) is 21.0. The lowest BCUT2D eigenvalue weighted by molar-refractivity contribution is 0.0951. The van der Waals surface area contributed by atoms with Crippen molar-refractivity contribution in [2.75, 3.05) is 19.5 Å². The number of hydrogen-bond acceptors (Lipinski definition) is 7. The monoisotopic (exact) mass is 506 g/mol. The molecule has 2 heterocycles. The van der Waals surface area contributed by atoms with E-state index in [9.17, 15) is 4.79 Å². The van der Waals surface area contributed by atoms with Crippen LogP contribution in [-0.4, -0.2) is 30.1 Å². The van der Waals surface area contributed by atoms with Crippen molar-refractivity contribution >= 4 is 28.3 Å². The molecule has 0 bridgehead atoms. The minimum absolute atomic E-state index is 0.207. The zero-order valence-corrected chi connectivity index (χ0v) is 21.0. The molecular formula is C30H26N4O4. The van der Waals surface area contributed by atoms with Gasteiger partial charge in [-0.2, -0.15) is 0 Å². The van der Waals surface area contributed by atoms with Gasteiger partial charge in [-0.05, 0) is 54.1 Å². The van der Waals surface area contributed by atoms with Gasteiger partial charge in [-0.15, -0.1) is 0 Å². The largest absolute Gasteiger partial charge is 0.493 e. The summed E-state index contributed by atoms with van der Waals surface area (Å²) in [6, 6.07) is 26.1. The number of aromatic nitrogens is 2. The Labute approximate surface area is 220 Å². The van der Waals surface area contributed by atoms with Crippen molar-refractivity contribution in [3.05, 3.63) is 108 Å². The van der Waals surface area contributed by atoms with Crippen molar-refractivity contribution in [3.63, 3.8) is 0 Å². The highest BCUT2D eigenvalue weighted by Gasteiger charge is 2.14. The van der Waals surface area contributed by atoms with Crippen LogP contribution in [0.3, 0.4) is 0 Å². The Morgan fingerprint density at radius 3 is 2.32 bits per heavy atom. The van der Waals surface area contributed by atoms with E-state index in [4.69, 9.17) is 14.2 Å². The molecule has 5 rings (SSSR count). The van der Waals surface area contributed by atoms with E-state index in [-0.39, 0.29) is 5.91 Å². The third kappa shape index (κ3) is 5.49. The van der Waals surface area contributed by atoms with Gasteiger partial charge in [0, 0.05) is 36.1 Å². The van der Waals surface area contributed by atoms with Gasteiger partial charge >= 0.3 is 0 Å². The molecule has 0 aliphatic rings. The molecule has 8 heteroatoms. The van der Waals surface area contributed by atoms with Crippen LogP contribution in [0.1, 0.15) is 15.9 Å². The molecule has 38 heavy (non-hydrogen) atoms. The minimum Gasteiger partial charge on any atom is -0.493 e. The molecule has 5 aromatic rings. The smallest absolute Gasteiger partial charge is 0.255 e. The van der Waals surface area contributed by atoms with Crippen molar-refractivity contribution in [1.82, 2.24) is 15.3 Å². The highest BCUT2D eigenvalue weighted by molar-refractivity contribution is 5.99. The lowest BCUT2D eigenvalue weighted by atomic mass is 10.2. The third-order valence-corrected chi connectivity index (χ3v) is 5.90. The number of anilines is 2. The van der Waals surface area contributed by atoms with Crippen molar-refractivity contribution in [1.29, 1.82) is 0 Å². The summed E-state index contributed by atoms with van der Waals surface area (Å²) in [5, 5.41) is 6.98. The molecule has 0 fully saturated rings. The number of methoxy groups -OCH3 is 2. The van der Waals surface area contributed by atoms with Gasteiger partial charge in [0.25, 0.3) is 5.91 Å². The van der Waals surface area contributed by atoms with E-state index in [1.54, 1.807) is 44.8 Å². The van der Waals surface area contributed by atoms with Gasteiger partial charge in [0.2, 0.25) is 0 Å². The highest BCUT2D eigenvalue weighted by atomic mass is 16.5. The molecule has 0 atom stereocenters. The summed E-state index contributed by atoms with van der Waals surface area (Å²) < 4.78 is 17.0. The standard InChI is InChI=1S/C30H26N4O4/c1-36-27-17-24-25(18-28(27)37-2)31-16-14-26(24)38-22-12-10-21(11-13-22)34-29-23(9-6-15-32-29)30(35)33-19-20-7-4-3-5-8-20/h3-18H,19H2,1-2H3,(H,32,34)(H,33,35). The number of carbonyl (C=O) groups excluding carboxylic acids is 1. The number of benzene rings is 3. The van der Waals surface area contributed by atoms with E-state index in [1.165, 1.54) is 0 Å². The fraction of sp³-hybridized carbons (Fsp3) is 0.100. The van der Waals surface area contributed by atoms with Gasteiger partial charge in [-0.3, -0.25) is 9.78 Å². The lowest BCUT2D eigenvalue weighted by Crippen LogP contribution is -2.24. The normalized spacial score (nSPS) is 10.6. The lowest BCUT2D eigenvalue weighted by Gasteiger charge is -2.13. The van der Waals surface area contributed by atoms with Crippen molar-refractivity contribution < 1.29 is 19.0 Å². The molecule has 0 aliphatic carbocycles. The van der Waals surface area contributed by atoms with Gasteiger partial charge in [-0.1, -0.05) is 30.3 Å². The first-order chi connectivity index (χ1) is 18.6. The maximum Gasteiger partial charge on any atom is 0.255 e. The zero-order chi connectivity index (χ0) is 26.3. The fourth-order valence-corrected chi connectivity index (χ4v) is 3.97. The number of amides is 1. The molecule has 3 aromatic carbocycles. The molecule has 0 aliphatic heterocycles. The second kappa shape index (κ2) is 11.3.